The molecule has 1 aliphatic heterocycles. The quantitative estimate of drug-likeness (QED) is 0.643. The van der Waals surface area contributed by atoms with Gasteiger partial charge < -0.3 is 0 Å². The zero-order chi connectivity index (χ0) is 19.8. The van der Waals surface area contributed by atoms with Crippen molar-refractivity contribution in [3.05, 3.63) is 54.9 Å². The van der Waals surface area contributed by atoms with E-state index in [2.05, 4.69) is 20.3 Å². The monoisotopic (exact) mass is 422 g/mol. The minimum atomic E-state index is -4.00. The molecule has 0 saturated carbocycles. The van der Waals surface area contributed by atoms with Crippen molar-refractivity contribution in [2.75, 3.05) is 13.1 Å². The average molecular weight is 422 g/mol. The summed E-state index contributed by atoms with van der Waals surface area (Å²) < 4.78 is 53.0. The summed E-state index contributed by atoms with van der Waals surface area (Å²) in [6.07, 6.45) is 7.63. The van der Waals surface area contributed by atoms with Crippen LogP contribution in [0.1, 0.15) is 24.5 Å². The molecule has 1 atom stereocenters. The van der Waals surface area contributed by atoms with Crippen LogP contribution in [0.25, 0.3) is 0 Å². The minimum Gasteiger partial charge on any atom is -0.284 e. The Bertz CT molecular complexity index is 1160. The molecule has 0 spiro atoms. The summed E-state index contributed by atoms with van der Waals surface area (Å²) in [7, 11) is -7.88. The second-order valence-electron chi connectivity index (χ2n) is 6.44. The average Bonchev–Trinajstić information content (AvgIpc) is 3.41. The maximum atomic E-state index is 13.0. The standard InChI is InChI=1S/C16H18N6O4S2/c23-27(24,21-7-3-4-13(11-21)16-5-1-2-6-17-16)15-10-20-22(12-15)28(25,26)14-8-18-19-9-14/h1-2,5-6,8-10,12-13H,3-4,7,11H2,(H,18,19). The summed E-state index contributed by atoms with van der Waals surface area (Å²) in [6, 6.07) is 5.58. The summed E-state index contributed by atoms with van der Waals surface area (Å²) in [5.74, 6) is -0.00515. The topological polar surface area (TPSA) is 131 Å². The van der Waals surface area contributed by atoms with E-state index < -0.39 is 20.0 Å². The first kappa shape index (κ1) is 18.8. The lowest BCUT2D eigenvalue weighted by atomic mass is 9.96. The molecule has 148 valence electrons. The summed E-state index contributed by atoms with van der Waals surface area (Å²) in [5.41, 5.74) is 0.848. The van der Waals surface area contributed by atoms with Gasteiger partial charge in [0.2, 0.25) is 10.0 Å². The maximum Gasteiger partial charge on any atom is 0.286 e. The molecular formula is C16H18N6O4S2. The molecule has 0 aliphatic carbocycles. The van der Waals surface area contributed by atoms with Gasteiger partial charge in [-0.05, 0) is 25.0 Å². The van der Waals surface area contributed by atoms with Gasteiger partial charge in [-0.15, -0.1) is 0 Å². The molecule has 12 heteroatoms. The van der Waals surface area contributed by atoms with E-state index in [1.54, 1.807) is 6.20 Å². The second kappa shape index (κ2) is 7.11. The van der Waals surface area contributed by atoms with Gasteiger partial charge in [0.25, 0.3) is 10.0 Å². The van der Waals surface area contributed by atoms with Gasteiger partial charge in [0.1, 0.15) is 9.79 Å². The molecule has 0 bridgehead atoms. The first-order valence-corrected chi connectivity index (χ1v) is 11.5. The number of sulfonamides is 1. The zero-order valence-corrected chi connectivity index (χ0v) is 16.3. The number of H-pyrrole nitrogens is 1. The predicted octanol–water partition coefficient (Wildman–Crippen LogP) is 0.806. The van der Waals surface area contributed by atoms with Crippen molar-refractivity contribution in [3.8, 4) is 0 Å². The lowest BCUT2D eigenvalue weighted by Crippen LogP contribution is -2.39. The number of rotatable bonds is 5. The Morgan fingerprint density at radius 3 is 2.64 bits per heavy atom. The van der Waals surface area contributed by atoms with Crippen molar-refractivity contribution in [2.24, 2.45) is 0 Å². The third-order valence-corrected chi connectivity index (χ3v) is 8.01. The van der Waals surface area contributed by atoms with Crippen molar-refractivity contribution in [3.63, 3.8) is 0 Å². The normalized spacial score (nSPS) is 18.9. The first-order chi connectivity index (χ1) is 13.4. The number of hydrogen-bond donors (Lipinski definition) is 1. The molecule has 1 fully saturated rings. The largest absolute Gasteiger partial charge is 0.286 e. The van der Waals surface area contributed by atoms with Crippen molar-refractivity contribution < 1.29 is 16.8 Å². The van der Waals surface area contributed by atoms with Crippen LogP contribution in [0.4, 0.5) is 0 Å². The molecule has 3 aromatic rings. The lowest BCUT2D eigenvalue weighted by molar-refractivity contribution is 0.312. The fourth-order valence-corrected chi connectivity index (χ4v) is 5.76. The van der Waals surface area contributed by atoms with Gasteiger partial charge in [-0.25, -0.2) is 8.42 Å². The third-order valence-electron chi connectivity index (χ3n) is 4.68. The van der Waals surface area contributed by atoms with Crippen molar-refractivity contribution in [2.45, 2.75) is 28.6 Å². The Balaban J connectivity index is 1.60. The van der Waals surface area contributed by atoms with Crippen LogP contribution in [0, 0.1) is 0 Å². The molecule has 3 aromatic heterocycles. The van der Waals surface area contributed by atoms with Crippen LogP contribution in [-0.2, 0) is 20.0 Å². The fourth-order valence-electron chi connectivity index (χ4n) is 3.21. The van der Waals surface area contributed by atoms with Crippen molar-refractivity contribution in [1.29, 1.82) is 0 Å². The molecule has 4 rings (SSSR count). The van der Waals surface area contributed by atoms with Crippen LogP contribution in [0.5, 0.6) is 0 Å². The highest BCUT2D eigenvalue weighted by Crippen LogP contribution is 2.29. The number of nitrogens with zero attached hydrogens (tertiary/aromatic N) is 5. The maximum absolute atomic E-state index is 13.0. The lowest BCUT2D eigenvalue weighted by Gasteiger charge is -2.31. The van der Waals surface area contributed by atoms with Crippen LogP contribution in [0.15, 0.2) is 59.0 Å². The van der Waals surface area contributed by atoms with E-state index in [1.165, 1.54) is 10.5 Å². The number of pyridine rings is 1. The Labute approximate surface area is 162 Å². The van der Waals surface area contributed by atoms with Gasteiger partial charge in [0.15, 0.2) is 0 Å². The van der Waals surface area contributed by atoms with Crippen LogP contribution in [-0.4, -0.2) is 58.6 Å². The molecule has 1 unspecified atom stereocenters. The highest BCUT2D eigenvalue weighted by Gasteiger charge is 2.33. The Morgan fingerprint density at radius 2 is 1.93 bits per heavy atom. The van der Waals surface area contributed by atoms with Crippen molar-refractivity contribution >= 4 is 20.0 Å². The predicted molar refractivity (Wildman–Crippen MR) is 98.4 cm³/mol. The molecule has 1 N–H and O–H groups in total. The molecule has 4 heterocycles. The van der Waals surface area contributed by atoms with E-state index in [1.807, 2.05) is 18.2 Å². The highest BCUT2D eigenvalue weighted by molar-refractivity contribution is 7.90. The number of nitrogens with one attached hydrogen (secondary N) is 1. The van der Waals surface area contributed by atoms with Gasteiger partial charge in [-0.2, -0.15) is 27.0 Å². The van der Waals surface area contributed by atoms with Gasteiger partial charge in [-0.1, -0.05) is 6.07 Å². The van der Waals surface area contributed by atoms with E-state index in [4.69, 9.17) is 0 Å². The minimum absolute atomic E-state index is 0.00515. The second-order valence-corrected chi connectivity index (χ2v) is 10.2. The fraction of sp³-hybridized carbons (Fsp3) is 0.312. The highest BCUT2D eigenvalue weighted by atomic mass is 32.2. The first-order valence-electron chi connectivity index (χ1n) is 8.59. The molecule has 1 aliphatic rings. The number of aromatic amines is 1. The zero-order valence-electron chi connectivity index (χ0n) is 14.7. The SMILES string of the molecule is O=S(=O)(c1cnn(S(=O)(=O)c2cn[nH]c2)c1)N1CCCC(c2ccccn2)C1. The van der Waals surface area contributed by atoms with Gasteiger partial charge in [0.05, 0.1) is 18.6 Å². The summed E-state index contributed by atoms with van der Waals surface area (Å²) in [4.78, 5) is 4.06. The van der Waals surface area contributed by atoms with Gasteiger partial charge in [0, 0.05) is 37.1 Å². The molecule has 0 amide bonds. The number of piperidine rings is 1. The molecule has 0 radical (unpaired) electrons. The summed E-state index contributed by atoms with van der Waals surface area (Å²) in [6.45, 7) is 0.657. The smallest absolute Gasteiger partial charge is 0.284 e. The van der Waals surface area contributed by atoms with E-state index in [0.29, 0.717) is 23.6 Å². The van der Waals surface area contributed by atoms with Gasteiger partial charge >= 0.3 is 0 Å². The Morgan fingerprint density at radius 1 is 1.07 bits per heavy atom. The Kier molecular flexibility index (Phi) is 4.77. The summed E-state index contributed by atoms with van der Waals surface area (Å²) >= 11 is 0. The van der Waals surface area contributed by atoms with Crippen LogP contribution >= 0.6 is 0 Å². The van der Waals surface area contributed by atoms with E-state index in [9.17, 15) is 16.8 Å². The van der Waals surface area contributed by atoms with Crippen LogP contribution in [0.3, 0.4) is 0 Å². The van der Waals surface area contributed by atoms with Crippen molar-refractivity contribution in [1.82, 2.24) is 28.7 Å². The van der Waals surface area contributed by atoms with Crippen LogP contribution < -0.4 is 0 Å². The van der Waals surface area contributed by atoms with E-state index >= 15 is 0 Å². The van der Waals surface area contributed by atoms with Gasteiger partial charge in [-0.3, -0.25) is 10.1 Å². The number of aromatic nitrogens is 5. The molecule has 28 heavy (non-hydrogen) atoms. The Hall–Kier alpha value is -2.57. The van der Waals surface area contributed by atoms with E-state index in [0.717, 1.165) is 30.7 Å². The molecule has 1 saturated heterocycles. The van der Waals surface area contributed by atoms with Crippen LogP contribution in [0.2, 0.25) is 0 Å². The molecule has 10 nitrogen and oxygen atoms in total. The number of hydrogen-bond acceptors (Lipinski definition) is 7. The molecule has 0 aromatic carbocycles. The summed E-state index contributed by atoms with van der Waals surface area (Å²) in [5, 5.41) is 9.77. The van der Waals surface area contributed by atoms with E-state index in [-0.39, 0.29) is 15.7 Å². The molecular weight excluding hydrogens is 404 g/mol. The third kappa shape index (κ3) is 3.34.